The predicted octanol–water partition coefficient (Wildman–Crippen LogP) is 4.86. The summed E-state index contributed by atoms with van der Waals surface area (Å²) in [6.45, 7) is 0. The van der Waals surface area contributed by atoms with Gasteiger partial charge in [0.2, 0.25) is 0 Å². The number of carboxylic acids is 1. The zero-order valence-corrected chi connectivity index (χ0v) is 16.1. The van der Waals surface area contributed by atoms with Crippen molar-refractivity contribution in [3.05, 3.63) is 47.5 Å². The number of ether oxygens (including phenoxy) is 2. The number of benzene rings is 2. The van der Waals surface area contributed by atoms with Crippen LogP contribution < -0.4 is 9.47 Å². The first kappa shape index (κ1) is 19.1. The maximum atomic E-state index is 10.9. The van der Waals surface area contributed by atoms with Crippen LogP contribution in [0.3, 0.4) is 0 Å². The van der Waals surface area contributed by atoms with Crippen LogP contribution in [-0.2, 0) is 4.79 Å². The van der Waals surface area contributed by atoms with E-state index in [9.17, 15) is 4.79 Å². The second kappa shape index (κ2) is 8.37. The summed E-state index contributed by atoms with van der Waals surface area (Å²) in [5.41, 5.74) is 2.12. The first-order valence-corrected chi connectivity index (χ1v) is 9.22. The number of carbonyl (C=O) groups is 1. The van der Waals surface area contributed by atoms with Gasteiger partial charge >= 0.3 is 5.97 Å². The van der Waals surface area contributed by atoms with Crippen LogP contribution in [0.1, 0.15) is 0 Å². The fourth-order valence-electron chi connectivity index (χ4n) is 2.46. The van der Waals surface area contributed by atoms with Crippen LogP contribution in [0, 0.1) is 0 Å². The largest absolute Gasteiger partial charge is 0.493 e. The lowest BCUT2D eigenvalue weighted by Gasteiger charge is -2.09. The van der Waals surface area contributed by atoms with E-state index in [0.29, 0.717) is 28.0 Å². The minimum atomic E-state index is -0.945. The maximum Gasteiger partial charge on any atom is 0.314 e. The smallest absolute Gasteiger partial charge is 0.314 e. The zero-order chi connectivity index (χ0) is 19.4. The van der Waals surface area contributed by atoms with Gasteiger partial charge in [0.05, 0.1) is 14.2 Å². The number of aromatic nitrogens is 1. The maximum absolute atomic E-state index is 10.9. The van der Waals surface area contributed by atoms with E-state index in [1.54, 1.807) is 38.5 Å². The Morgan fingerprint density at radius 2 is 1.78 bits per heavy atom. The molecular weight excluding hydrogens is 390 g/mol. The van der Waals surface area contributed by atoms with Crippen molar-refractivity contribution >= 4 is 29.3 Å². The van der Waals surface area contributed by atoms with Crippen molar-refractivity contribution < 1.29 is 23.8 Å². The third-order valence-electron chi connectivity index (χ3n) is 3.69. The van der Waals surface area contributed by atoms with Crippen LogP contribution in [0.2, 0.25) is 5.02 Å². The van der Waals surface area contributed by atoms with Crippen molar-refractivity contribution in [1.82, 2.24) is 4.98 Å². The molecule has 2 aromatic carbocycles. The van der Waals surface area contributed by atoms with E-state index in [1.165, 1.54) is 0 Å². The number of rotatable bonds is 7. The number of carboxylic acid groups (broad SMARTS) is 1. The molecule has 0 bridgehead atoms. The van der Waals surface area contributed by atoms with Gasteiger partial charge in [-0.2, -0.15) is 0 Å². The lowest BCUT2D eigenvalue weighted by molar-refractivity contribution is -0.133. The van der Waals surface area contributed by atoms with Crippen molar-refractivity contribution in [1.29, 1.82) is 0 Å². The third kappa shape index (κ3) is 4.37. The van der Waals surface area contributed by atoms with Gasteiger partial charge in [-0.1, -0.05) is 35.5 Å². The summed E-state index contributed by atoms with van der Waals surface area (Å²) in [5.74, 6) is 0.555. The lowest BCUT2D eigenvalue weighted by atomic mass is 10.1. The van der Waals surface area contributed by atoms with Crippen molar-refractivity contribution in [2.24, 2.45) is 0 Å². The lowest BCUT2D eigenvalue weighted by Crippen LogP contribution is -1.97. The minimum Gasteiger partial charge on any atom is -0.493 e. The van der Waals surface area contributed by atoms with Crippen LogP contribution in [0.15, 0.2) is 52.1 Å². The number of thioether (sulfide) groups is 1. The number of oxazole rings is 1. The van der Waals surface area contributed by atoms with Crippen molar-refractivity contribution in [3.63, 3.8) is 0 Å². The summed E-state index contributed by atoms with van der Waals surface area (Å²) < 4.78 is 16.5. The molecule has 0 aliphatic rings. The van der Waals surface area contributed by atoms with E-state index in [1.807, 2.05) is 18.2 Å². The van der Waals surface area contributed by atoms with E-state index >= 15 is 0 Å². The minimum absolute atomic E-state index is 0.147. The van der Waals surface area contributed by atoms with Crippen LogP contribution in [-0.4, -0.2) is 36.0 Å². The van der Waals surface area contributed by atoms with Gasteiger partial charge in [-0.3, -0.25) is 4.79 Å². The summed E-state index contributed by atoms with van der Waals surface area (Å²) in [6.07, 6.45) is 0. The van der Waals surface area contributed by atoms with Gasteiger partial charge in [-0.25, -0.2) is 4.98 Å². The molecule has 3 aromatic rings. The summed E-state index contributed by atoms with van der Waals surface area (Å²) in [4.78, 5) is 15.3. The molecule has 0 radical (unpaired) electrons. The normalized spacial score (nSPS) is 10.6. The number of halogens is 1. The van der Waals surface area contributed by atoms with E-state index in [0.717, 1.165) is 22.9 Å². The number of hydrogen-bond donors (Lipinski definition) is 1. The zero-order valence-electron chi connectivity index (χ0n) is 14.6. The number of nitrogens with zero attached hydrogens (tertiary/aromatic N) is 1. The highest BCUT2D eigenvalue weighted by molar-refractivity contribution is 7.99. The first-order chi connectivity index (χ1) is 13.0. The Bertz CT molecular complexity index is 955. The molecule has 0 saturated heterocycles. The Kier molecular flexibility index (Phi) is 5.93. The molecule has 140 valence electrons. The van der Waals surface area contributed by atoms with Gasteiger partial charge in [0, 0.05) is 16.1 Å². The molecule has 1 aromatic heterocycles. The highest BCUT2D eigenvalue weighted by Crippen LogP contribution is 2.39. The van der Waals surface area contributed by atoms with Crippen LogP contribution >= 0.6 is 23.4 Å². The Balaban J connectivity index is 2.09. The molecule has 0 saturated carbocycles. The Labute approximate surface area is 165 Å². The van der Waals surface area contributed by atoms with Gasteiger partial charge in [-0.15, -0.1) is 0 Å². The van der Waals surface area contributed by atoms with Crippen molar-refractivity contribution in [2.45, 2.75) is 5.22 Å². The molecule has 0 atom stereocenters. The van der Waals surface area contributed by atoms with Crippen LogP contribution in [0.4, 0.5) is 0 Å². The summed E-state index contributed by atoms with van der Waals surface area (Å²) in [5, 5.41) is 9.78. The molecular formula is C19H16ClNO5S. The molecule has 8 heteroatoms. The average molecular weight is 406 g/mol. The molecule has 1 heterocycles. The van der Waals surface area contributed by atoms with Crippen molar-refractivity contribution in [2.75, 3.05) is 20.0 Å². The SMILES string of the molecule is COc1ccc(-c2oc(SCC(=O)O)nc2-c2ccc(Cl)cc2)cc1OC. The molecule has 0 aliphatic heterocycles. The second-order valence-corrected chi connectivity index (χ2v) is 6.78. The fourth-order valence-corrected chi connectivity index (χ4v) is 3.13. The van der Waals surface area contributed by atoms with E-state index < -0.39 is 5.97 Å². The van der Waals surface area contributed by atoms with Gasteiger partial charge in [0.1, 0.15) is 11.4 Å². The topological polar surface area (TPSA) is 81.8 Å². The van der Waals surface area contributed by atoms with E-state index in [-0.39, 0.29) is 11.0 Å². The average Bonchev–Trinajstić information content (AvgIpc) is 3.10. The Hall–Kier alpha value is -2.64. The van der Waals surface area contributed by atoms with E-state index in [4.69, 9.17) is 30.6 Å². The molecule has 0 aliphatic carbocycles. The predicted molar refractivity (Wildman–Crippen MR) is 104 cm³/mol. The Morgan fingerprint density at radius 3 is 2.41 bits per heavy atom. The quantitative estimate of drug-likeness (QED) is 0.562. The van der Waals surface area contributed by atoms with Gasteiger partial charge < -0.3 is 19.0 Å². The molecule has 0 fully saturated rings. The summed E-state index contributed by atoms with van der Waals surface area (Å²) in [6, 6.07) is 12.6. The molecule has 3 rings (SSSR count). The highest BCUT2D eigenvalue weighted by atomic mass is 35.5. The Morgan fingerprint density at radius 1 is 1.11 bits per heavy atom. The molecule has 0 amide bonds. The molecule has 6 nitrogen and oxygen atoms in total. The fraction of sp³-hybridized carbons (Fsp3) is 0.158. The molecule has 1 N–H and O–H groups in total. The summed E-state index contributed by atoms with van der Waals surface area (Å²) >= 11 is 6.99. The molecule has 0 spiro atoms. The highest BCUT2D eigenvalue weighted by Gasteiger charge is 2.19. The standard InChI is InChI=1S/C19H16ClNO5S/c1-24-14-8-5-12(9-15(14)25-2)18-17(11-3-6-13(20)7-4-11)21-19(26-18)27-10-16(22)23/h3-9H,10H2,1-2H3,(H,22,23). The molecule has 27 heavy (non-hydrogen) atoms. The third-order valence-corrected chi connectivity index (χ3v) is 4.75. The first-order valence-electron chi connectivity index (χ1n) is 7.85. The van der Waals surface area contributed by atoms with Gasteiger partial charge in [-0.05, 0) is 30.3 Å². The van der Waals surface area contributed by atoms with E-state index in [2.05, 4.69) is 4.98 Å². The van der Waals surface area contributed by atoms with Gasteiger partial charge in [0.15, 0.2) is 17.3 Å². The number of hydrogen-bond acceptors (Lipinski definition) is 6. The van der Waals surface area contributed by atoms with Crippen LogP contribution in [0.5, 0.6) is 11.5 Å². The summed E-state index contributed by atoms with van der Waals surface area (Å²) in [7, 11) is 3.11. The monoisotopic (exact) mass is 405 g/mol. The van der Waals surface area contributed by atoms with Crippen LogP contribution in [0.25, 0.3) is 22.6 Å². The van der Waals surface area contributed by atoms with Crippen molar-refractivity contribution in [3.8, 4) is 34.1 Å². The van der Waals surface area contributed by atoms with Gasteiger partial charge in [0.25, 0.3) is 5.22 Å². The number of aliphatic carboxylic acids is 1. The number of methoxy groups -OCH3 is 2. The molecule has 0 unspecified atom stereocenters. The second-order valence-electron chi connectivity index (χ2n) is 5.42.